The van der Waals surface area contributed by atoms with Crippen LogP contribution in [0.5, 0.6) is 0 Å². The smallest absolute Gasteiger partial charge is 0.337 e. The van der Waals surface area contributed by atoms with Gasteiger partial charge in [-0.25, -0.2) is 13.2 Å². The maximum absolute atomic E-state index is 12.6. The Labute approximate surface area is 122 Å². The molecule has 1 unspecified atom stereocenters. The zero-order chi connectivity index (χ0) is 14.9. The second-order valence-corrected chi connectivity index (χ2v) is 7.61. The summed E-state index contributed by atoms with van der Waals surface area (Å²) in [5, 5.41) is 9.18. The number of nitrogens with two attached hydrogens (primary N) is 1. The zero-order valence-corrected chi connectivity index (χ0v) is 12.6. The van der Waals surface area contributed by atoms with Crippen molar-refractivity contribution in [3.8, 4) is 0 Å². The number of nitrogens with zero attached hydrogens (tertiary/aromatic N) is 1. The molecule has 0 aliphatic carbocycles. The van der Waals surface area contributed by atoms with E-state index < -0.39 is 16.0 Å². The molecule has 1 atom stereocenters. The molecule has 1 saturated heterocycles. The van der Waals surface area contributed by atoms with Crippen LogP contribution >= 0.6 is 11.8 Å². The summed E-state index contributed by atoms with van der Waals surface area (Å²) >= 11 is 1.69. The van der Waals surface area contributed by atoms with Crippen LogP contribution in [0.25, 0.3) is 0 Å². The number of carbonyl (C=O) groups is 1. The van der Waals surface area contributed by atoms with Crippen LogP contribution in [0.3, 0.4) is 0 Å². The van der Waals surface area contributed by atoms with E-state index >= 15 is 0 Å². The fraction of sp³-hybridized carbons (Fsp3) is 0.417. The second-order valence-electron chi connectivity index (χ2n) is 4.60. The van der Waals surface area contributed by atoms with Gasteiger partial charge in [-0.15, -0.1) is 0 Å². The summed E-state index contributed by atoms with van der Waals surface area (Å²) in [4.78, 5) is 11.0. The average molecular weight is 316 g/mol. The molecule has 1 aromatic rings. The van der Waals surface area contributed by atoms with Gasteiger partial charge in [0.1, 0.15) is 0 Å². The molecule has 0 radical (unpaired) electrons. The maximum atomic E-state index is 12.6. The maximum Gasteiger partial charge on any atom is 0.337 e. The van der Waals surface area contributed by atoms with Gasteiger partial charge < -0.3 is 10.8 Å². The predicted molar refractivity (Wildman–Crippen MR) is 78.5 cm³/mol. The monoisotopic (exact) mass is 316 g/mol. The van der Waals surface area contributed by atoms with Crippen molar-refractivity contribution in [2.45, 2.75) is 17.9 Å². The Morgan fingerprint density at radius 3 is 2.80 bits per heavy atom. The van der Waals surface area contributed by atoms with Gasteiger partial charge in [-0.3, -0.25) is 0 Å². The highest BCUT2D eigenvalue weighted by Gasteiger charge is 2.34. The minimum Gasteiger partial charge on any atom is -0.478 e. The van der Waals surface area contributed by atoms with Gasteiger partial charge in [0.05, 0.1) is 10.5 Å². The lowest BCUT2D eigenvalue weighted by atomic mass is 10.2. The number of carboxylic acid groups (broad SMARTS) is 1. The fourth-order valence-corrected chi connectivity index (χ4v) is 5.16. The lowest BCUT2D eigenvalue weighted by Crippen LogP contribution is -2.44. The van der Waals surface area contributed by atoms with Gasteiger partial charge in [-0.2, -0.15) is 16.1 Å². The predicted octanol–water partition coefficient (Wildman–Crippen LogP) is 1.09. The van der Waals surface area contributed by atoms with Gasteiger partial charge in [-0.1, -0.05) is 0 Å². The summed E-state index contributed by atoms with van der Waals surface area (Å²) < 4.78 is 26.7. The number of rotatable bonds is 3. The van der Waals surface area contributed by atoms with Crippen molar-refractivity contribution in [2.75, 3.05) is 23.8 Å². The minimum atomic E-state index is -3.82. The van der Waals surface area contributed by atoms with Crippen molar-refractivity contribution >= 4 is 33.4 Å². The van der Waals surface area contributed by atoms with Crippen LogP contribution in [0.4, 0.5) is 5.69 Å². The number of benzene rings is 1. The van der Waals surface area contributed by atoms with Gasteiger partial charge >= 0.3 is 5.97 Å². The van der Waals surface area contributed by atoms with E-state index in [4.69, 9.17) is 5.73 Å². The third-order valence-electron chi connectivity index (χ3n) is 3.13. The van der Waals surface area contributed by atoms with E-state index in [9.17, 15) is 18.3 Å². The van der Waals surface area contributed by atoms with Crippen LogP contribution in [0.1, 0.15) is 17.3 Å². The Bertz CT molecular complexity index is 630. The van der Waals surface area contributed by atoms with Crippen LogP contribution in [0.2, 0.25) is 0 Å². The first kappa shape index (κ1) is 15.1. The fourth-order valence-electron chi connectivity index (χ4n) is 2.13. The van der Waals surface area contributed by atoms with Crippen molar-refractivity contribution < 1.29 is 18.3 Å². The highest BCUT2D eigenvalue weighted by atomic mass is 32.2. The van der Waals surface area contributed by atoms with Crippen LogP contribution in [0.15, 0.2) is 23.1 Å². The van der Waals surface area contributed by atoms with Crippen LogP contribution < -0.4 is 5.73 Å². The summed E-state index contributed by atoms with van der Waals surface area (Å²) in [6.07, 6.45) is 0. The van der Waals surface area contributed by atoms with Crippen molar-refractivity contribution in [3.05, 3.63) is 23.8 Å². The van der Waals surface area contributed by atoms with E-state index in [2.05, 4.69) is 0 Å². The number of thioether (sulfide) groups is 1. The number of anilines is 1. The van der Waals surface area contributed by atoms with Crippen molar-refractivity contribution in [1.29, 1.82) is 0 Å². The molecule has 1 aliphatic rings. The van der Waals surface area contributed by atoms with E-state index in [0.29, 0.717) is 18.1 Å². The topological polar surface area (TPSA) is 101 Å². The number of carboxylic acids is 1. The number of sulfonamides is 1. The van der Waals surface area contributed by atoms with Gasteiger partial charge in [-0.05, 0) is 25.1 Å². The molecule has 1 fully saturated rings. The lowest BCUT2D eigenvalue weighted by Gasteiger charge is -2.32. The van der Waals surface area contributed by atoms with E-state index in [0.717, 1.165) is 0 Å². The Morgan fingerprint density at radius 2 is 2.20 bits per heavy atom. The first-order valence-corrected chi connectivity index (χ1v) is 8.66. The molecule has 0 aromatic heterocycles. The Balaban J connectivity index is 2.51. The summed E-state index contributed by atoms with van der Waals surface area (Å²) in [6.45, 7) is 2.21. The number of nitrogen functional groups attached to an aromatic ring is 1. The van der Waals surface area contributed by atoms with Crippen LogP contribution in [0, 0.1) is 0 Å². The first-order chi connectivity index (χ1) is 9.34. The van der Waals surface area contributed by atoms with Gasteiger partial charge in [0.2, 0.25) is 10.0 Å². The molecule has 3 N–H and O–H groups in total. The largest absolute Gasteiger partial charge is 0.478 e. The van der Waals surface area contributed by atoms with E-state index in [-0.39, 0.29) is 22.2 Å². The zero-order valence-electron chi connectivity index (χ0n) is 10.9. The molecule has 1 heterocycles. The highest BCUT2D eigenvalue weighted by Crippen LogP contribution is 2.27. The average Bonchev–Trinajstić information content (AvgIpc) is 2.38. The van der Waals surface area contributed by atoms with Crippen LogP contribution in [-0.2, 0) is 10.0 Å². The molecular weight excluding hydrogens is 300 g/mol. The molecule has 0 bridgehead atoms. The first-order valence-electron chi connectivity index (χ1n) is 6.06. The third kappa shape index (κ3) is 2.77. The molecule has 8 heteroatoms. The van der Waals surface area contributed by atoms with Crippen molar-refractivity contribution in [2.24, 2.45) is 0 Å². The van der Waals surface area contributed by atoms with Gasteiger partial charge in [0.15, 0.2) is 0 Å². The Hall–Kier alpha value is -1.25. The summed E-state index contributed by atoms with van der Waals surface area (Å²) in [6, 6.07) is 3.70. The molecule has 1 aliphatic heterocycles. The molecule has 0 spiro atoms. The Kier molecular flexibility index (Phi) is 4.26. The van der Waals surface area contributed by atoms with Crippen LogP contribution in [-0.4, -0.2) is 47.9 Å². The second kappa shape index (κ2) is 5.63. The summed E-state index contributed by atoms with van der Waals surface area (Å²) in [5.41, 5.74) is 5.48. The quantitative estimate of drug-likeness (QED) is 0.810. The van der Waals surface area contributed by atoms with Crippen molar-refractivity contribution in [1.82, 2.24) is 4.31 Å². The normalized spacial score (nSPS) is 20.8. The third-order valence-corrected chi connectivity index (χ3v) is 6.39. The molecule has 20 heavy (non-hydrogen) atoms. The molecule has 0 amide bonds. The van der Waals surface area contributed by atoms with Gasteiger partial charge in [0, 0.05) is 29.8 Å². The molecule has 2 rings (SSSR count). The SMILES string of the molecule is CC1CSCCN1S(=O)(=O)c1ccc(N)cc1C(=O)O. The molecule has 1 aromatic carbocycles. The lowest BCUT2D eigenvalue weighted by molar-refractivity contribution is 0.0692. The van der Waals surface area contributed by atoms with E-state index in [1.54, 1.807) is 11.8 Å². The van der Waals surface area contributed by atoms with E-state index in [1.807, 2.05) is 6.92 Å². The Morgan fingerprint density at radius 1 is 1.50 bits per heavy atom. The number of hydrogen-bond donors (Lipinski definition) is 2. The molecule has 110 valence electrons. The number of aromatic carboxylic acids is 1. The van der Waals surface area contributed by atoms with E-state index in [1.165, 1.54) is 22.5 Å². The van der Waals surface area contributed by atoms with Gasteiger partial charge in [0.25, 0.3) is 0 Å². The molecule has 0 saturated carbocycles. The summed E-state index contributed by atoms with van der Waals surface area (Å²) in [5.74, 6) is 0.118. The van der Waals surface area contributed by atoms with Crippen molar-refractivity contribution in [3.63, 3.8) is 0 Å². The highest BCUT2D eigenvalue weighted by molar-refractivity contribution is 7.99. The summed E-state index contributed by atoms with van der Waals surface area (Å²) in [7, 11) is -3.82. The number of hydrogen-bond acceptors (Lipinski definition) is 5. The standard InChI is InChI=1S/C12H16N2O4S2/c1-8-7-19-5-4-14(8)20(17,18)11-3-2-9(13)6-10(11)12(15)16/h2-3,6,8H,4-5,7,13H2,1H3,(H,15,16). The minimum absolute atomic E-state index is 0.155. The molecule has 6 nitrogen and oxygen atoms in total. The molecular formula is C12H16N2O4S2.